The molecule has 3 N–H and O–H groups in total. The molecule has 9 heteroatoms. The Kier molecular flexibility index (Phi) is 7.30. The summed E-state index contributed by atoms with van der Waals surface area (Å²) in [5, 5.41) is 7.75. The third-order valence-corrected chi connectivity index (χ3v) is 3.89. The molecule has 0 spiro atoms. The average Bonchev–Trinajstić information content (AvgIpc) is 2.47. The molecule has 1 amide bonds. The molecule has 0 fully saturated rings. The number of carbonyl (C=O) groups is 1. The molecule has 0 aliphatic carbocycles. The van der Waals surface area contributed by atoms with Gasteiger partial charge in [0.05, 0.1) is 16.8 Å². The van der Waals surface area contributed by atoms with Gasteiger partial charge >= 0.3 is 0 Å². The summed E-state index contributed by atoms with van der Waals surface area (Å²) in [6.45, 7) is 2.20. The summed E-state index contributed by atoms with van der Waals surface area (Å²) in [5.41, 5.74) is 1.89. The molecule has 1 heterocycles. The molecule has 2 rings (SSSR count). The third-order valence-electron chi connectivity index (χ3n) is 2.96. The molecule has 0 unspecified atom stereocenters. The van der Waals surface area contributed by atoms with Crippen LogP contribution in [-0.2, 0) is 16.4 Å². The minimum absolute atomic E-state index is 0. The van der Waals surface area contributed by atoms with Crippen LogP contribution in [0.1, 0.15) is 21.7 Å². The molecule has 1 radical (unpaired) electrons. The number of sulfonamides is 1. The molecule has 0 atom stereocenters. The van der Waals surface area contributed by atoms with Crippen LogP contribution in [-0.4, -0.2) is 60.4 Å². The first kappa shape index (κ1) is 19.7. The van der Waals surface area contributed by atoms with Crippen LogP contribution in [0.3, 0.4) is 0 Å². The Bertz CT molecular complexity index is 762. The zero-order chi connectivity index (χ0) is 16.2. The molecule has 23 heavy (non-hydrogen) atoms. The maximum atomic E-state index is 11.8. The second-order valence-corrected chi connectivity index (χ2v) is 6.30. The first-order valence-corrected chi connectivity index (χ1v) is 8.09. The number of aromatic nitrogens is 2. The van der Waals surface area contributed by atoms with Gasteiger partial charge in [-0.2, -0.15) is 0 Å². The Morgan fingerprint density at radius 2 is 1.83 bits per heavy atom. The van der Waals surface area contributed by atoms with Crippen molar-refractivity contribution in [3.05, 3.63) is 53.6 Å². The van der Waals surface area contributed by atoms with Crippen molar-refractivity contribution in [2.24, 2.45) is 5.14 Å². The number of rotatable bonds is 5. The first-order chi connectivity index (χ1) is 10.4. The van der Waals surface area contributed by atoms with E-state index in [9.17, 15) is 13.2 Å². The van der Waals surface area contributed by atoms with Crippen molar-refractivity contribution in [2.45, 2.75) is 18.2 Å². The van der Waals surface area contributed by atoms with Gasteiger partial charge in [-0.05, 0) is 31.0 Å². The van der Waals surface area contributed by atoms with E-state index in [1.165, 1.54) is 24.5 Å². The Balaban J connectivity index is 0.00000264. The van der Waals surface area contributed by atoms with E-state index in [0.717, 1.165) is 11.3 Å². The van der Waals surface area contributed by atoms with Gasteiger partial charge in [0.1, 0.15) is 5.69 Å². The number of benzene rings is 1. The monoisotopic (exact) mass is 343 g/mol. The van der Waals surface area contributed by atoms with E-state index in [0.29, 0.717) is 13.0 Å². The number of primary sulfonamides is 1. The number of nitrogens with two attached hydrogens (primary N) is 1. The van der Waals surface area contributed by atoms with Gasteiger partial charge in [0.15, 0.2) is 0 Å². The van der Waals surface area contributed by atoms with Crippen molar-refractivity contribution in [2.75, 3.05) is 6.54 Å². The van der Waals surface area contributed by atoms with E-state index in [1.807, 2.05) is 0 Å². The van der Waals surface area contributed by atoms with Crippen LogP contribution < -0.4 is 10.5 Å². The molecule has 0 bridgehead atoms. The number of hydrogen-bond acceptors (Lipinski definition) is 5. The van der Waals surface area contributed by atoms with Gasteiger partial charge in [0, 0.05) is 42.3 Å². The molecule has 2 aromatic rings. The third kappa shape index (κ3) is 6.00. The van der Waals surface area contributed by atoms with Crippen molar-refractivity contribution < 1.29 is 13.2 Å². The topological polar surface area (TPSA) is 115 Å². The molecule has 0 aliphatic rings. The van der Waals surface area contributed by atoms with Gasteiger partial charge in [-0.3, -0.25) is 9.78 Å². The largest absolute Gasteiger partial charge is 0.350 e. The molecule has 7 nitrogen and oxygen atoms in total. The van der Waals surface area contributed by atoms with Crippen molar-refractivity contribution in [1.29, 1.82) is 0 Å². The van der Waals surface area contributed by atoms with Crippen molar-refractivity contribution in [3.63, 3.8) is 0 Å². The quantitative estimate of drug-likeness (QED) is 0.743. The van der Waals surface area contributed by atoms with Gasteiger partial charge < -0.3 is 5.32 Å². The van der Waals surface area contributed by atoms with Crippen LogP contribution in [0, 0.1) is 6.92 Å². The molecule has 0 saturated heterocycles. The van der Waals surface area contributed by atoms with E-state index in [1.54, 1.807) is 19.1 Å². The summed E-state index contributed by atoms with van der Waals surface area (Å²) in [6, 6.07) is 6.21. The molecule has 117 valence electrons. The fourth-order valence-electron chi connectivity index (χ4n) is 1.77. The molecular formula is C14H16N4NaO3S. The van der Waals surface area contributed by atoms with E-state index >= 15 is 0 Å². The van der Waals surface area contributed by atoms with E-state index < -0.39 is 10.0 Å². The van der Waals surface area contributed by atoms with Crippen LogP contribution in [0.4, 0.5) is 0 Å². The number of nitrogens with zero attached hydrogens (tertiary/aromatic N) is 2. The SMILES string of the molecule is Cc1cnc(C(=O)NCCc2ccc(S(N)(=O)=O)cc2)cn1.[Na]. The Morgan fingerprint density at radius 3 is 2.35 bits per heavy atom. The van der Waals surface area contributed by atoms with Crippen LogP contribution in [0.2, 0.25) is 0 Å². The van der Waals surface area contributed by atoms with Crippen molar-refractivity contribution in [3.8, 4) is 0 Å². The summed E-state index contributed by atoms with van der Waals surface area (Å²) in [7, 11) is -3.68. The maximum Gasteiger partial charge on any atom is 0.271 e. The standard InChI is InChI=1S/C14H16N4O3S.Na/c1-10-8-18-13(9-17-10)14(19)16-7-6-11-2-4-12(5-3-11)22(15,20)21;/h2-5,8-9H,6-7H2,1H3,(H,16,19)(H2,15,20,21);. The van der Waals surface area contributed by atoms with Gasteiger partial charge in [-0.15, -0.1) is 0 Å². The fraction of sp³-hybridized carbons (Fsp3) is 0.214. The zero-order valence-corrected chi connectivity index (χ0v) is 15.8. The zero-order valence-electron chi connectivity index (χ0n) is 13.0. The molecular weight excluding hydrogens is 327 g/mol. The molecule has 1 aromatic heterocycles. The normalized spacial score (nSPS) is 10.7. The minimum Gasteiger partial charge on any atom is -0.350 e. The Morgan fingerprint density at radius 1 is 1.17 bits per heavy atom. The van der Waals surface area contributed by atoms with Crippen LogP contribution in [0.25, 0.3) is 0 Å². The molecule has 0 saturated carbocycles. The second kappa shape index (κ2) is 8.51. The number of amides is 1. The van der Waals surface area contributed by atoms with Gasteiger partial charge in [0.2, 0.25) is 10.0 Å². The Hall–Kier alpha value is -1.32. The van der Waals surface area contributed by atoms with E-state index in [2.05, 4.69) is 15.3 Å². The summed E-state index contributed by atoms with van der Waals surface area (Å²) in [5.74, 6) is -0.298. The fourth-order valence-corrected chi connectivity index (χ4v) is 2.28. The molecule has 1 aromatic carbocycles. The number of hydrogen-bond donors (Lipinski definition) is 2. The summed E-state index contributed by atoms with van der Waals surface area (Å²) < 4.78 is 22.3. The summed E-state index contributed by atoms with van der Waals surface area (Å²) >= 11 is 0. The maximum absolute atomic E-state index is 11.8. The van der Waals surface area contributed by atoms with Crippen LogP contribution in [0.15, 0.2) is 41.6 Å². The number of nitrogens with one attached hydrogen (secondary N) is 1. The smallest absolute Gasteiger partial charge is 0.271 e. The van der Waals surface area contributed by atoms with Gasteiger partial charge in [-0.1, -0.05) is 12.1 Å². The average molecular weight is 343 g/mol. The predicted molar refractivity (Wildman–Crippen MR) is 86.4 cm³/mol. The predicted octanol–water partition coefficient (Wildman–Crippen LogP) is 0.0241. The number of aryl methyl sites for hydroxylation is 1. The number of carbonyl (C=O) groups excluding carboxylic acids is 1. The van der Waals surface area contributed by atoms with Gasteiger partial charge in [0.25, 0.3) is 5.91 Å². The van der Waals surface area contributed by atoms with E-state index in [4.69, 9.17) is 5.14 Å². The van der Waals surface area contributed by atoms with E-state index in [-0.39, 0.29) is 46.1 Å². The first-order valence-electron chi connectivity index (χ1n) is 6.55. The minimum atomic E-state index is -3.68. The van der Waals surface area contributed by atoms with Crippen molar-refractivity contribution in [1.82, 2.24) is 15.3 Å². The van der Waals surface area contributed by atoms with Crippen LogP contribution in [0.5, 0.6) is 0 Å². The van der Waals surface area contributed by atoms with Gasteiger partial charge in [-0.25, -0.2) is 18.5 Å². The summed E-state index contributed by atoms with van der Waals surface area (Å²) in [6.07, 6.45) is 3.52. The van der Waals surface area contributed by atoms with Crippen LogP contribution >= 0.6 is 0 Å². The Labute approximate surface area is 157 Å². The van der Waals surface area contributed by atoms with Crippen molar-refractivity contribution >= 4 is 45.5 Å². The molecule has 0 aliphatic heterocycles. The second-order valence-electron chi connectivity index (χ2n) is 4.74. The summed E-state index contributed by atoms with van der Waals surface area (Å²) in [4.78, 5) is 19.9.